The molecule has 2 N–H and O–H groups in total. The van der Waals surface area contributed by atoms with Crippen LogP contribution < -0.4 is 69.2 Å². The molecule has 0 spiro atoms. The Balaban J connectivity index is -0.0000000233. The van der Waals surface area contributed by atoms with E-state index in [0.717, 1.165) is 0 Å². The van der Waals surface area contributed by atoms with E-state index in [1.54, 1.807) is 0 Å². The quantitative estimate of drug-likeness (QED) is 0.265. The summed E-state index contributed by atoms with van der Waals surface area (Å²) in [6.07, 6.45) is 0. The monoisotopic (exact) mass is 152 g/mol. The first-order chi connectivity index (χ1) is 3.15. The Bertz CT molecular complexity index is 39.2. The largest absolute Gasteiger partial charge is 1.00 e. The van der Waals surface area contributed by atoms with Gasteiger partial charge in [-0.05, 0) is 0 Å². The summed E-state index contributed by atoms with van der Waals surface area (Å²) in [5.74, 6) is 0. The molecule has 0 radical (unpaired) electrons. The van der Waals surface area contributed by atoms with Gasteiger partial charge in [0.15, 0.2) is 0 Å². The molecule has 5 nitrogen and oxygen atoms in total. The maximum absolute atomic E-state index is 8.64. The van der Waals surface area contributed by atoms with E-state index in [1.165, 1.54) is 0 Å². The van der Waals surface area contributed by atoms with Crippen LogP contribution in [0.2, 0.25) is 0 Å². The molecule has 0 aliphatic carbocycles. The van der Waals surface area contributed by atoms with Gasteiger partial charge in [-0.1, -0.05) is 0 Å². The molecule has 0 atom stereocenters. The molecule has 0 aliphatic rings. The fourth-order valence-corrected chi connectivity index (χ4v) is 0. The number of carbonyl (C=O) groups is 1. The van der Waals surface area contributed by atoms with Crippen LogP contribution in [0.25, 0.3) is 0 Å². The van der Waals surface area contributed by atoms with E-state index in [-0.39, 0.29) is 59.1 Å². The molecular weight excluding hydrogens is 149 g/mol. The Morgan fingerprint density at radius 3 is 1.33 bits per heavy atom. The molecule has 0 heterocycles. The van der Waals surface area contributed by atoms with Crippen molar-refractivity contribution in [2.45, 2.75) is 0 Å². The van der Waals surface area contributed by atoms with Crippen molar-refractivity contribution in [2.75, 3.05) is 0 Å². The van der Waals surface area contributed by atoms with Crippen molar-refractivity contribution < 1.29 is 84.1 Å². The summed E-state index contributed by atoms with van der Waals surface area (Å²) < 4.78 is 0. The molecule has 9 heavy (non-hydrogen) atoms. The zero-order valence-electron chi connectivity index (χ0n) is 5.27. The molecule has 0 rings (SSSR count). The van der Waals surface area contributed by atoms with Crippen LogP contribution in [0.4, 0.5) is 0 Å². The van der Waals surface area contributed by atoms with Gasteiger partial charge in [-0.25, -0.2) is 0 Å². The molecule has 0 aromatic rings. The molecule has 0 bridgehead atoms. The average molecular weight is 152 g/mol. The van der Waals surface area contributed by atoms with Gasteiger partial charge in [-0.2, -0.15) is 0 Å². The standard InChI is InChI=1S/CH2O2.BH2O3.2Na/c2-1-3;2-1(3)4;;/h1H,(H,2,3);2-3H;;/q;-1;2*+1/p-1. The molecule has 0 aromatic heterocycles. The number of rotatable bonds is 0. The zero-order valence-corrected chi connectivity index (χ0v) is 9.27. The maximum Gasteiger partial charge on any atom is 1.00 e. The minimum atomic E-state index is -2.42. The summed E-state index contributed by atoms with van der Waals surface area (Å²) in [6, 6.07) is 0. The zero-order chi connectivity index (χ0) is 6.28. The van der Waals surface area contributed by atoms with Crippen molar-refractivity contribution in [2.24, 2.45) is 0 Å². The maximum atomic E-state index is 8.64. The van der Waals surface area contributed by atoms with Gasteiger partial charge < -0.3 is 25.0 Å². The Labute approximate surface area is 96.8 Å². The first-order valence-electron chi connectivity index (χ1n) is 1.22. The molecule has 0 unspecified atom stereocenters. The molecule has 0 fully saturated rings. The smallest absolute Gasteiger partial charge is 0.832 e. The summed E-state index contributed by atoms with van der Waals surface area (Å²) in [6.45, 7) is -0.500. The summed E-state index contributed by atoms with van der Waals surface area (Å²) in [4.78, 5) is 8.25. The van der Waals surface area contributed by atoms with Gasteiger partial charge >= 0.3 is 66.4 Å². The SMILES string of the molecule is O=C[O-].[Na+].[Na+].[O-]B(O)O. The molecule has 0 aliphatic heterocycles. The fourth-order valence-electron chi connectivity index (χ4n) is 0. The molecule has 0 aromatic carbocycles. The second kappa shape index (κ2) is 22.7. The van der Waals surface area contributed by atoms with Crippen molar-refractivity contribution in [3.8, 4) is 0 Å². The van der Waals surface area contributed by atoms with Crippen molar-refractivity contribution in [1.82, 2.24) is 0 Å². The van der Waals surface area contributed by atoms with E-state index >= 15 is 0 Å². The molecule has 0 saturated carbocycles. The average Bonchev–Trinajstić information content (AvgIpc) is 1.33. The molecule has 0 amide bonds. The first-order valence-corrected chi connectivity index (χ1v) is 1.22. The number of carboxylic acid groups (broad SMARTS) is 1. The fraction of sp³-hybridized carbons (Fsp3) is 0. The van der Waals surface area contributed by atoms with Crippen LogP contribution in [0.3, 0.4) is 0 Å². The van der Waals surface area contributed by atoms with Crippen LogP contribution >= 0.6 is 0 Å². The van der Waals surface area contributed by atoms with Gasteiger partial charge in [-0.15, -0.1) is 0 Å². The van der Waals surface area contributed by atoms with Crippen LogP contribution in [-0.2, 0) is 4.79 Å². The minimum absolute atomic E-state index is 0. The van der Waals surface area contributed by atoms with Crippen LogP contribution in [0.15, 0.2) is 0 Å². The van der Waals surface area contributed by atoms with Gasteiger partial charge in [0.2, 0.25) is 0 Å². The molecule has 42 valence electrons. The van der Waals surface area contributed by atoms with Gasteiger partial charge in [0.05, 0.1) is 0 Å². The number of hydrogen-bond acceptors (Lipinski definition) is 5. The van der Waals surface area contributed by atoms with E-state index in [0.29, 0.717) is 0 Å². The van der Waals surface area contributed by atoms with Gasteiger partial charge in [0.1, 0.15) is 0 Å². The van der Waals surface area contributed by atoms with Gasteiger partial charge in [0.25, 0.3) is 0 Å². The predicted octanol–water partition coefficient (Wildman–Crippen LogP) is -10.3. The van der Waals surface area contributed by atoms with Crippen molar-refractivity contribution in [1.29, 1.82) is 0 Å². The first kappa shape index (κ1) is 22.4. The minimum Gasteiger partial charge on any atom is -0.832 e. The molecular formula is CH3BNa2O5. The second-order valence-electron chi connectivity index (χ2n) is 0.423. The van der Waals surface area contributed by atoms with Crippen molar-refractivity contribution in [3.05, 3.63) is 0 Å². The summed E-state index contributed by atoms with van der Waals surface area (Å²) in [5, 5.41) is 31.0. The molecule has 8 heteroatoms. The van der Waals surface area contributed by atoms with Crippen molar-refractivity contribution in [3.63, 3.8) is 0 Å². The van der Waals surface area contributed by atoms with E-state index < -0.39 is 13.8 Å². The Morgan fingerprint density at radius 1 is 1.33 bits per heavy atom. The van der Waals surface area contributed by atoms with Crippen LogP contribution in [0.1, 0.15) is 0 Å². The number of hydrogen-bond donors (Lipinski definition) is 2. The van der Waals surface area contributed by atoms with Gasteiger partial charge in [-0.3, -0.25) is 0 Å². The van der Waals surface area contributed by atoms with Crippen LogP contribution in [-0.4, -0.2) is 23.8 Å². The van der Waals surface area contributed by atoms with E-state index in [4.69, 9.17) is 25.0 Å². The van der Waals surface area contributed by atoms with Crippen molar-refractivity contribution >= 4 is 13.8 Å². The Hall–Kier alpha value is 1.41. The normalized spacial score (nSPS) is 4.33. The second-order valence-corrected chi connectivity index (χ2v) is 0.423. The van der Waals surface area contributed by atoms with Gasteiger partial charge in [0, 0.05) is 6.47 Å². The Kier molecular flexibility index (Phi) is 56.7. The van der Waals surface area contributed by atoms with Crippen LogP contribution in [0.5, 0.6) is 0 Å². The number of carbonyl (C=O) groups excluding carboxylic acids is 1. The molecule has 0 saturated heterocycles. The topological polar surface area (TPSA) is 104 Å². The summed E-state index contributed by atoms with van der Waals surface area (Å²) >= 11 is 0. The van der Waals surface area contributed by atoms with E-state index in [1.807, 2.05) is 0 Å². The van der Waals surface area contributed by atoms with Crippen LogP contribution in [0, 0.1) is 0 Å². The van der Waals surface area contributed by atoms with E-state index in [9.17, 15) is 0 Å². The van der Waals surface area contributed by atoms with E-state index in [2.05, 4.69) is 0 Å². The third-order valence-corrected chi connectivity index (χ3v) is 0. The summed E-state index contributed by atoms with van der Waals surface area (Å²) in [7, 11) is -2.42. The summed E-state index contributed by atoms with van der Waals surface area (Å²) in [5.41, 5.74) is 0. The third-order valence-electron chi connectivity index (χ3n) is 0. The predicted molar refractivity (Wildman–Crippen MR) is 16.3 cm³/mol. The Morgan fingerprint density at radius 2 is 1.33 bits per heavy atom. The third kappa shape index (κ3) is 259.